The Balaban J connectivity index is 3.76. The van der Waals surface area contributed by atoms with Crippen molar-refractivity contribution in [3.05, 3.63) is 23.9 Å². The second-order valence-corrected chi connectivity index (χ2v) is 1.33. The molecular weight excluding hydrogens is 108 g/mol. The van der Waals surface area contributed by atoms with Gasteiger partial charge in [0.25, 0.3) is 5.95 Å². The molecule has 0 amide bonds. The van der Waals surface area contributed by atoms with Crippen molar-refractivity contribution in [1.82, 2.24) is 0 Å². The third-order valence-corrected chi connectivity index (χ3v) is 0.474. The van der Waals surface area contributed by atoms with Gasteiger partial charge in [-0.15, -0.1) is 0 Å². The van der Waals surface area contributed by atoms with E-state index in [1.807, 2.05) is 0 Å². The number of allylic oxidation sites excluding steroid dienone is 3. The van der Waals surface area contributed by atoms with Gasteiger partial charge in [0.15, 0.2) is 0 Å². The van der Waals surface area contributed by atoms with Gasteiger partial charge in [-0.3, -0.25) is 0 Å². The molecule has 0 spiro atoms. The van der Waals surface area contributed by atoms with E-state index in [1.54, 1.807) is 0 Å². The summed E-state index contributed by atoms with van der Waals surface area (Å²) in [5.41, 5.74) is 0. The Morgan fingerprint density at radius 1 is 1.12 bits per heavy atom. The van der Waals surface area contributed by atoms with Crippen LogP contribution in [0.25, 0.3) is 0 Å². The number of aliphatic hydroxyl groups is 3. The lowest BCUT2D eigenvalue weighted by atomic mass is 10.5. The zero-order valence-corrected chi connectivity index (χ0v) is 4.50. The van der Waals surface area contributed by atoms with E-state index in [-0.39, 0.29) is 5.76 Å². The highest BCUT2D eigenvalue weighted by molar-refractivity contribution is 5.04. The molecule has 3 nitrogen and oxygen atoms in total. The van der Waals surface area contributed by atoms with E-state index in [1.165, 1.54) is 13.0 Å². The molecule has 0 heterocycles. The Labute approximate surface area is 47.2 Å². The van der Waals surface area contributed by atoms with Crippen molar-refractivity contribution in [2.24, 2.45) is 0 Å². The maximum Gasteiger partial charge on any atom is 0.274 e. The Hall–Kier alpha value is -1.12. The lowest BCUT2D eigenvalue weighted by molar-refractivity contribution is 0.191. The van der Waals surface area contributed by atoms with Crippen molar-refractivity contribution in [3.63, 3.8) is 0 Å². The summed E-state index contributed by atoms with van der Waals surface area (Å²) in [7, 11) is 0. The molecule has 0 rings (SSSR count). The molecule has 3 N–H and O–H groups in total. The SMILES string of the molecule is C/C(O)=C\C=C(O)O. The standard InChI is InChI=1S/C5H8O3/c1-4(6)2-3-5(7)8/h2-3,6-8H,1H3/b4-2+. The van der Waals surface area contributed by atoms with Crippen molar-refractivity contribution in [1.29, 1.82) is 0 Å². The predicted octanol–water partition coefficient (Wildman–Crippen LogP) is 1.41. The molecule has 0 radical (unpaired) electrons. The summed E-state index contributed by atoms with van der Waals surface area (Å²) in [4.78, 5) is 0. The van der Waals surface area contributed by atoms with E-state index in [9.17, 15) is 0 Å². The van der Waals surface area contributed by atoms with E-state index in [4.69, 9.17) is 15.3 Å². The van der Waals surface area contributed by atoms with Crippen molar-refractivity contribution in [3.8, 4) is 0 Å². The minimum Gasteiger partial charge on any atom is -0.513 e. The van der Waals surface area contributed by atoms with E-state index >= 15 is 0 Å². The number of hydrogen-bond acceptors (Lipinski definition) is 3. The summed E-state index contributed by atoms with van der Waals surface area (Å²) in [6, 6.07) is 0. The third kappa shape index (κ3) is 4.88. The molecule has 46 valence electrons. The maximum absolute atomic E-state index is 8.40. The van der Waals surface area contributed by atoms with E-state index in [2.05, 4.69) is 0 Å². The first-order valence-corrected chi connectivity index (χ1v) is 2.08. The molecule has 0 atom stereocenters. The average molecular weight is 116 g/mol. The van der Waals surface area contributed by atoms with Gasteiger partial charge in [0.1, 0.15) is 0 Å². The van der Waals surface area contributed by atoms with Gasteiger partial charge in [0.05, 0.1) is 5.76 Å². The summed E-state index contributed by atoms with van der Waals surface area (Å²) in [6.45, 7) is 1.43. The van der Waals surface area contributed by atoms with Gasteiger partial charge in [-0.25, -0.2) is 0 Å². The maximum atomic E-state index is 8.40. The highest BCUT2D eigenvalue weighted by Crippen LogP contribution is 1.86. The molecule has 0 aromatic carbocycles. The lowest BCUT2D eigenvalue weighted by Gasteiger charge is -1.82. The molecule has 0 saturated carbocycles. The molecule has 3 heteroatoms. The molecule has 0 bridgehead atoms. The van der Waals surface area contributed by atoms with Gasteiger partial charge in [-0.05, 0) is 13.0 Å². The normalized spacial score (nSPS) is 10.9. The van der Waals surface area contributed by atoms with Gasteiger partial charge in [0.2, 0.25) is 0 Å². The molecule has 0 aliphatic carbocycles. The van der Waals surface area contributed by atoms with E-state index < -0.39 is 5.95 Å². The Morgan fingerprint density at radius 2 is 1.62 bits per heavy atom. The quantitative estimate of drug-likeness (QED) is 0.358. The Bertz CT molecular complexity index is 99.6. The summed E-state index contributed by atoms with van der Waals surface area (Å²) in [5.74, 6) is -0.774. The molecule has 0 aromatic rings. The molecule has 0 aromatic heterocycles. The highest BCUT2D eigenvalue weighted by atomic mass is 16.5. The number of hydrogen-bond donors (Lipinski definition) is 3. The molecule has 8 heavy (non-hydrogen) atoms. The van der Waals surface area contributed by atoms with Crippen LogP contribution < -0.4 is 0 Å². The average Bonchev–Trinajstić information content (AvgIpc) is 1.61. The van der Waals surface area contributed by atoms with Crippen LogP contribution in [0.2, 0.25) is 0 Å². The van der Waals surface area contributed by atoms with Crippen LogP contribution in [0.5, 0.6) is 0 Å². The van der Waals surface area contributed by atoms with Crippen LogP contribution in [0.3, 0.4) is 0 Å². The van der Waals surface area contributed by atoms with Gasteiger partial charge in [0, 0.05) is 6.08 Å². The second kappa shape index (κ2) is 2.96. The van der Waals surface area contributed by atoms with Crippen molar-refractivity contribution < 1.29 is 15.3 Å². The lowest BCUT2D eigenvalue weighted by Crippen LogP contribution is -1.73. The molecular formula is C5H8O3. The first-order chi connectivity index (χ1) is 3.63. The Morgan fingerprint density at radius 3 is 1.75 bits per heavy atom. The monoisotopic (exact) mass is 116 g/mol. The predicted molar refractivity (Wildman–Crippen MR) is 29.7 cm³/mol. The smallest absolute Gasteiger partial charge is 0.274 e. The van der Waals surface area contributed by atoms with Crippen LogP contribution in [-0.2, 0) is 0 Å². The zero-order valence-electron chi connectivity index (χ0n) is 4.50. The Kier molecular flexibility index (Phi) is 2.54. The fraction of sp³-hybridized carbons (Fsp3) is 0.200. The first kappa shape index (κ1) is 6.88. The van der Waals surface area contributed by atoms with Crippen LogP contribution in [0, 0.1) is 0 Å². The minimum atomic E-state index is -0.807. The summed E-state index contributed by atoms with van der Waals surface area (Å²) >= 11 is 0. The fourth-order valence-corrected chi connectivity index (χ4v) is 0.195. The third-order valence-electron chi connectivity index (χ3n) is 0.474. The number of aliphatic hydroxyl groups excluding tert-OH is 2. The zero-order chi connectivity index (χ0) is 6.57. The molecule has 0 fully saturated rings. The van der Waals surface area contributed by atoms with Crippen LogP contribution >= 0.6 is 0 Å². The summed E-state index contributed by atoms with van der Waals surface area (Å²) in [6.07, 6.45) is 2.16. The largest absolute Gasteiger partial charge is 0.513 e. The van der Waals surface area contributed by atoms with Crippen molar-refractivity contribution >= 4 is 0 Å². The number of rotatable bonds is 1. The van der Waals surface area contributed by atoms with Crippen LogP contribution in [0.1, 0.15) is 6.92 Å². The molecule has 0 unspecified atom stereocenters. The topological polar surface area (TPSA) is 60.7 Å². The summed E-state index contributed by atoms with van der Waals surface area (Å²) in [5, 5.41) is 24.5. The molecule has 0 aliphatic heterocycles. The van der Waals surface area contributed by atoms with Crippen LogP contribution in [0.4, 0.5) is 0 Å². The molecule has 0 aliphatic rings. The van der Waals surface area contributed by atoms with Crippen molar-refractivity contribution in [2.45, 2.75) is 6.92 Å². The fourth-order valence-electron chi connectivity index (χ4n) is 0.195. The van der Waals surface area contributed by atoms with Gasteiger partial charge in [-0.1, -0.05) is 0 Å². The highest BCUT2D eigenvalue weighted by Gasteiger charge is 1.78. The van der Waals surface area contributed by atoms with Gasteiger partial charge in [-0.2, -0.15) is 0 Å². The summed E-state index contributed by atoms with van der Waals surface area (Å²) < 4.78 is 0. The molecule has 0 saturated heterocycles. The first-order valence-electron chi connectivity index (χ1n) is 2.08. The minimum absolute atomic E-state index is 0.0330. The van der Waals surface area contributed by atoms with Crippen molar-refractivity contribution in [2.75, 3.05) is 0 Å². The van der Waals surface area contributed by atoms with E-state index in [0.29, 0.717) is 0 Å². The second-order valence-electron chi connectivity index (χ2n) is 1.33. The van der Waals surface area contributed by atoms with Crippen LogP contribution in [0.15, 0.2) is 23.9 Å². The van der Waals surface area contributed by atoms with Crippen LogP contribution in [-0.4, -0.2) is 15.3 Å². The van der Waals surface area contributed by atoms with E-state index in [0.717, 1.165) is 6.08 Å². The van der Waals surface area contributed by atoms with Gasteiger partial charge >= 0.3 is 0 Å². The van der Waals surface area contributed by atoms with Gasteiger partial charge < -0.3 is 15.3 Å².